The van der Waals surface area contributed by atoms with Crippen LogP contribution in [0.25, 0.3) is 22.3 Å². The van der Waals surface area contributed by atoms with E-state index in [1.165, 1.54) is 97.8 Å². The average molecular weight is 695 g/mol. The van der Waals surface area contributed by atoms with Crippen LogP contribution in [0.1, 0.15) is 124 Å². The van der Waals surface area contributed by atoms with Crippen LogP contribution in [-0.4, -0.2) is 0 Å². The lowest BCUT2D eigenvalue weighted by Gasteiger charge is -2.63. The second-order valence-corrected chi connectivity index (χ2v) is 17.3. The van der Waals surface area contributed by atoms with Gasteiger partial charge in [0.25, 0.3) is 0 Å². The summed E-state index contributed by atoms with van der Waals surface area (Å²) in [7, 11) is 0. The highest BCUT2D eigenvalue weighted by atomic mass is 16.4. The van der Waals surface area contributed by atoms with E-state index in [1.54, 1.807) is 12.5 Å². The minimum atomic E-state index is 0.0161. The number of hydrogen-bond acceptors (Lipinski definition) is 6. The SMILES string of the molecule is Cc1ccccc1N1C(C)c2oc3ccoc3c2C12C1CC3CC(C1)CC2C3.Cc1ccccc1N1C(C)c2oc3ccoc3c2C12CCCCC2. The summed E-state index contributed by atoms with van der Waals surface area (Å²) in [6.45, 7) is 9.08. The molecule has 4 bridgehead atoms. The summed E-state index contributed by atoms with van der Waals surface area (Å²) in [5.41, 5.74) is 12.0. The third-order valence-corrected chi connectivity index (χ3v) is 14.7. The van der Waals surface area contributed by atoms with Gasteiger partial charge < -0.3 is 27.5 Å². The molecule has 5 saturated carbocycles. The summed E-state index contributed by atoms with van der Waals surface area (Å²) in [6, 6.07) is 22.1. The Bertz CT molecular complexity index is 2280. The Hall–Kier alpha value is -4.32. The highest BCUT2D eigenvalue weighted by molar-refractivity contribution is 5.83. The van der Waals surface area contributed by atoms with Gasteiger partial charge in [0.05, 0.1) is 46.8 Å². The number of nitrogens with zero attached hydrogens (tertiary/aromatic N) is 2. The zero-order chi connectivity index (χ0) is 34.9. The first-order valence-electron chi connectivity index (χ1n) is 20.1. The van der Waals surface area contributed by atoms with Gasteiger partial charge >= 0.3 is 0 Å². The molecule has 6 nitrogen and oxygen atoms in total. The molecule has 6 heteroatoms. The fraction of sp³-hybridized carbons (Fsp3) is 0.478. The summed E-state index contributed by atoms with van der Waals surface area (Å²) in [5.74, 6) is 5.55. The Morgan fingerprint density at radius 3 is 1.65 bits per heavy atom. The molecule has 0 N–H and O–H groups in total. The van der Waals surface area contributed by atoms with Crippen molar-refractivity contribution in [1.82, 2.24) is 0 Å². The number of aryl methyl sites for hydroxylation is 2. The van der Waals surface area contributed by atoms with Crippen molar-refractivity contribution in [2.75, 3.05) is 9.80 Å². The summed E-state index contributed by atoms with van der Waals surface area (Å²) in [6.07, 6.45) is 16.7. The third-order valence-electron chi connectivity index (χ3n) is 14.7. The smallest absolute Gasteiger partial charge is 0.178 e. The van der Waals surface area contributed by atoms with Crippen LogP contribution < -0.4 is 9.80 Å². The predicted molar refractivity (Wildman–Crippen MR) is 205 cm³/mol. The van der Waals surface area contributed by atoms with Crippen molar-refractivity contribution in [3.8, 4) is 0 Å². The van der Waals surface area contributed by atoms with E-state index in [2.05, 4.69) is 86.0 Å². The molecule has 0 radical (unpaired) electrons. The standard InChI is InChI=1S/C25H27NO2.C21H23NO2/c1-14-5-3-4-6-20(14)26-15(2)23-22(24-21(28-23)7-8-27-24)25(26)18-10-16-9-17(12-18)13-19(25)11-16;1-14-8-4-5-9-16(14)22-15(2)19-18(20-17(24-19)10-13-23-20)21(22)11-6-3-7-12-21/h3-8,15-19H,9-13H2,1-2H3;4-5,8-10,13,15H,3,6-7,11-12H2,1-2H3. The summed E-state index contributed by atoms with van der Waals surface area (Å²) >= 11 is 0. The molecule has 52 heavy (non-hydrogen) atoms. The Kier molecular flexibility index (Phi) is 6.67. The van der Waals surface area contributed by atoms with Gasteiger partial charge in [0.15, 0.2) is 22.3 Å². The zero-order valence-corrected chi connectivity index (χ0v) is 31.0. The maximum atomic E-state index is 6.45. The first kappa shape index (κ1) is 31.2. The van der Waals surface area contributed by atoms with Gasteiger partial charge in [0, 0.05) is 23.5 Å². The lowest BCUT2D eigenvalue weighted by molar-refractivity contribution is -0.0599. The molecule has 2 unspecified atom stereocenters. The number of anilines is 2. The van der Waals surface area contributed by atoms with Gasteiger partial charge in [-0.05, 0) is 120 Å². The molecule has 6 aromatic rings. The quantitative estimate of drug-likeness (QED) is 0.180. The van der Waals surface area contributed by atoms with Gasteiger partial charge in [-0.25, -0.2) is 0 Å². The molecular formula is C46H50N2O4. The Labute approximate surface area is 306 Å². The number of para-hydroxylation sites is 2. The van der Waals surface area contributed by atoms with E-state index in [0.717, 1.165) is 45.7 Å². The fourth-order valence-electron chi connectivity index (χ4n) is 13.1. The molecule has 5 fully saturated rings. The van der Waals surface area contributed by atoms with E-state index in [0.29, 0.717) is 11.8 Å². The number of benzene rings is 2. The van der Waals surface area contributed by atoms with Gasteiger partial charge in [-0.3, -0.25) is 0 Å². The van der Waals surface area contributed by atoms with Crippen LogP contribution in [-0.2, 0) is 11.1 Å². The first-order chi connectivity index (χ1) is 25.4. The van der Waals surface area contributed by atoms with Crippen LogP contribution in [0.15, 0.2) is 90.9 Å². The molecule has 268 valence electrons. The van der Waals surface area contributed by atoms with Crippen molar-refractivity contribution in [3.63, 3.8) is 0 Å². The zero-order valence-electron chi connectivity index (χ0n) is 31.0. The van der Waals surface area contributed by atoms with Crippen LogP contribution in [0, 0.1) is 37.5 Å². The Balaban J connectivity index is 0.000000125. The molecule has 4 aromatic heterocycles. The second kappa shape index (κ2) is 11.1. The van der Waals surface area contributed by atoms with Gasteiger partial charge in [-0.1, -0.05) is 55.7 Å². The summed E-state index contributed by atoms with van der Waals surface area (Å²) < 4.78 is 24.6. The molecule has 7 aliphatic rings. The molecule has 0 amide bonds. The van der Waals surface area contributed by atoms with E-state index in [9.17, 15) is 0 Å². The van der Waals surface area contributed by atoms with Crippen molar-refractivity contribution in [2.24, 2.45) is 23.7 Å². The monoisotopic (exact) mass is 694 g/mol. The highest BCUT2D eigenvalue weighted by Gasteiger charge is 2.67. The Morgan fingerprint density at radius 2 is 1.08 bits per heavy atom. The lowest BCUT2D eigenvalue weighted by atomic mass is 9.47. The van der Waals surface area contributed by atoms with E-state index in [4.69, 9.17) is 17.7 Å². The summed E-state index contributed by atoms with van der Waals surface area (Å²) in [4.78, 5) is 5.39. The van der Waals surface area contributed by atoms with Crippen LogP contribution in [0.4, 0.5) is 11.4 Å². The van der Waals surface area contributed by atoms with E-state index < -0.39 is 0 Å². The molecule has 0 saturated heterocycles. The molecule has 2 atom stereocenters. The van der Waals surface area contributed by atoms with Crippen molar-refractivity contribution >= 4 is 33.7 Å². The van der Waals surface area contributed by atoms with Gasteiger partial charge in [0.2, 0.25) is 0 Å². The molecule has 2 aromatic carbocycles. The van der Waals surface area contributed by atoms with Crippen molar-refractivity contribution in [1.29, 1.82) is 0 Å². The van der Waals surface area contributed by atoms with Crippen molar-refractivity contribution in [2.45, 2.75) is 115 Å². The third kappa shape index (κ3) is 3.96. The normalized spacial score (nSPS) is 30.8. The molecular weight excluding hydrogens is 645 g/mol. The average Bonchev–Trinajstić information content (AvgIpc) is 3.97. The maximum absolute atomic E-state index is 6.45. The maximum Gasteiger partial charge on any atom is 0.178 e. The number of fused-ring (bicyclic) bond motifs is 7. The van der Waals surface area contributed by atoms with Gasteiger partial charge in [-0.15, -0.1) is 0 Å². The predicted octanol–water partition coefficient (Wildman–Crippen LogP) is 12.6. The minimum Gasteiger partial charge on any atom is -0.460 e. The Morgan fingerprint density at radius 1 is 0.577 bits per heavy atom. The largest absolute Gasteiger partial charge is 0.460 e. The highest BCUT2D eigenvalue weighted by Crippen LogP contribution is 2.70. The second-order valence-electron chi connectivity index (χ2n) is 17.3. The van der Waals surface area contributed by atoms with E-state index in [-0.39, 0.29) is 23.2 Å². The molecule has 13 rings (SSSR count). The van der Waals surface area contributed by atoms with Crippen molar-refractivity contribution < 1.29 is 17.7 Å². The number of rotatable bonds is 2. The van der Waals surface area contributed by atoms with Gasteiger partial charge in [-0.2, -0.15) is 0 Å². The lowest BCUT2D eigenvalue weighted by Crippen LogP contribution is -2.62. The molecule has 2 aliphatic heterocycles. The minimum absolute atomic E-state index is 0.0161. The fourth-order valence-corrected chi connectivity index (χ4v) is 13.1. The van der Waals surface area contributed by atoms with Crippen LogP contribution in [0.2, 0.25) is 0 Å². The van der Waals surface area contributed by atoms with Crippen LogP contribution >= 0.6 is 0 Å². The molecule has 2 spiro atoms. The van der Waals surface area contributed by atoms with Gasteiger partial charge in [0.1, 0.15) is 11.5 Å². The van der Waals surface area contributed by atoms with Crippen LogP contribution in [0.5, 0.6) is 0 Å². The van der Waals surface area contributed by atoms with Crippen LogP contribution in [0.3, 0.4) is 0 Å². The molecule has 6 heterocycles. The first-order valence-corrected chi connectivity index (χ1v) is 20.1. The van der Waals surface area contributed by atoms with E-state index in [1.807, 2.05) is 12.1 Å². The van der Waals surface area contributed by atoms with Crippen molar-refractivity contribution in [3.05, 3.63) is 107 Å². The molecule has 5 aliphatic carbocycles. The number of furan rings is 4. The summed E-state index contributed by atoms with van der Waals surface area (Å²) in [5, 5.41) is 0. The topological polar surface area (TPSA) is 59.0 Å². The van der Waals surface area contributed by atoms with E-state index >= 15 is 0 Å². The number of hydrogen-bond donors (Lipinski definition) is 0.